The number of rotatable bonds is 5. The average Bonchev–Trinajstić information content (AvgIpc) is 2.71. The first-order valence-electron chi connectivity index (χ1n) is 6.05. The molecule has 1 aromatic rings. The van der Waals surface area contributed by atoms with Crippen molar-refractivity contribution in [2.75, 3.05) is 13.1 Å². The lowest BCUT2D eigenvalue weighted by molar-refractivity contribution is -0.144. The van der Waals surface area contributed by atoms with Gasteiger partial charge >= 0.3 is 5.97 Å². The lowest BCUT2D eigenvalue weighted by Gasteiger charge is -2.16. The number of carboxylic acid groups (broad SMARTS) is 1. The van der Waals surface area contributed by atoms with Crippen LogP contribution in [-0.4, -0.2) is 47.0 Å². The van der Waals surface area contributed by atoms with E-state index in [9.17, 15) is 14.4 Å². The number of hydrogen-bond acceptors (Lipinski definition) is 4. The predicted octanol–water partition coefficient (Wildman–Crippen LogP) is -0.150. The number of likely N-dealkylation sites (tertiary alicyclic amines) is 1. The Morgan fingerprint density at radius 3 is 2.75 bits per heavy atom. The van der Waals surface area contributed by atoms with Gasteiger partial charge in [-0.1, -0.05) is 12.1 Å². The molecule has 1 unspecified atom stereocenters. The summed E-state index contributed by atoms with van der Waals surface area (Å²) in [5.74, 6) is -1.88. The second kappa shape index (κ2) is 5.60. The highest BCUT2D eigenvalue weighted by Crippen LogP contribution is 2.23. The Labute approximate surface area is 114 Å². The van der Waals surface area contributed by atoms with E-state index in [2.05, 4.69) is 0 Å². The number of amides is 2. The number of nitrogens with zero attached hydrogens (tertiary/aromatic N) is 1. The maximum Gasteiger partial charge on any atom is 0.323 e. The van der Waals surface area contributed by atoms with Crippen LogP contribution in [0.25, 0.3) is 0 Å². The number of benzene rings is 1. The van der Waals surface area contributed by atoms with E-state index in [1.165, 1.54) is 11.0 Å². The molecule has 0 radical (unpaired) electrons. The van der Waals surface area contributed by atoms with Crippen LogP contribution < -0.4 is 10.5 Å². The van der Waals surface area contributed by atoms with Crippen molar-refractivity contribution in [3.63, 3.8) is 0 Å². The van der Waals surface area contributed by atoms with Gasteiger partial charge in [-0.25, -0.2) is 0 Å². The molecule has 1 atom stereocenters. The van der Waals surface area contributed by atoms with Crippen LogP contribution in [0.5, 0.6) is 5.75 Å². The number of ether oxygens (including phenoxy) is 1. The van der Waals surface area contributed by atoms with Gasteiger partial charge in [-0.3, -0.25) is 14.4 Å². The Morgan fingerprint density at radius 1 is 1.40 bits per heavy atom. The quantitative estimate of drug-likeness (QED) is 0.778. The van der Waals surface area contributed by atoms with Crippen LogP contribution in [0.3, 0.4) is 0 Å². The zero-order chi connectivity index (χ0) is 14.7. The van der Waals surface area contributed by atoms with Crippen LogP contribution in [0.4, 0.5) is 0 Å². The summed E-state index contributed by atoms with van der Waals surface area (Å²) in [5, 5.41) is 8.69. The number of nitrogens with two attached hydrogens (primary N) is 1. The van der Waals surface area contributed by atoms with Crippen LogP contribution in [0.2, 0.25) is 0 Å². The molecule has 1 heterocycles. The first-order valence-corrected chi connectivity index (χ1v) is 6.05. The molecule has 0 saturated carbocycles. The summed E-state index contributed by atoms with van der Waals surface area (Å²) in [6, 6.07) is 6.36. The fourth-order valence-corrected chi connectivity index (χ4v) is 2.07. The second-order valence-corrected chi connectivity index (χ2v) is 4.41. The van der Waals surface area contributed by atoms with Crippen molar-refractivity contribution in [2.45, 2.75) is 12.5 Å². The summed E-state index contributed by atoms with van der Waals surface area (Å²) < 4.78 is 5.51. The molecule has 7 heteroatoms. The zero-order valence-corrected chi connectivity index (χ0v) is 10.6. The topological polar surface area (TPSA) is 110 Å². The molecule has 0 bridgehead atoms. The molecule has 7 nitrogen and oxygen atoms in total. The first kappa shape index (κ1) is 13.9. The Balaban J connectivity index is 2.10. The van der Waals surface area contributed by atoms with Crippen molar-refractivity contribution in [3.8, 4) is 5.75 Å². The van der Waals surface area contributed by atoms with Gasteiger partial charge in [0.15, 0.2) is 6.10 Å². The Kier molecular flexibility index (Phi) is 3.88. The summed E-state index contributed by atoms with van der Waals surface area (Å²) in [6.07, 6.45) is -0.408. The van der Waals surface area contributed by atoms with Gasteiger partial charge < -0.3 is 20.5 Å². The van der Waals surface area contributed by atoms with E-state index in [-0.39, 0.29) is 17.9 Å². The molecule has 0 aromatic heterocycles. The lowest BCUT2D eigenvalue weighted by atomic mass is 10.2. The number of aliphatic carboxylic acids is 1. The molecule has 1 fully saturated rings. The van der Waals surface area contributed by atoms with Crippen molar-refractivity contribution in [1.82, 2.24) is 4.90 Å². The summed E-state index contributed by atoms with van der Waals surface area (Å²) in [7, 11) is 0. The summed E-state index contributed by atoms with van der Waals surface area (Å²) in [5.41, 5.74) is 5.42. The zero-order valence-electron chi connectivity index (χ0n) is 10.6. The second-order valence-electron chi connectivity index (χ2n) is 4.41. The lowest BCUT2D eigenvalue weighted by Crippen LogP contribution is -2.36. The Hall–Kier alpha value is -2.57. The van der Waals surface area contributed by atoms with Crippen molar-refractivity contribution in [1.29, 1.82) is 0 Å². The molecule has 106 valence electrons. The van der Waals surface area contributed by atoms with Gasteiger partial charge in [0.2, 0.25) is 0 Å². The van der Waals surface area contributed by atoms with Crippen LogP contribution >= 0.6 is 0 Å². The highest BCUT2D eigenvalue weighted by Gasteiger charge is 2.34. The molecule has 3 N–H and O–H groups in total. The van der Waals surface area contributed by atoms with Crippen molar-refractivity contribution in [3.05, 3.63) is 29.8 Å². The molecule has 1 saturated heterocycles. The summed E-state index contributed by atoms with van der Waals surface area (Å²) in [4.78, 5) is 35.0. The van der Waals surface area contributed by atoms with Gasteiger partial charge in [0, 0.05) is 13.0 Å². The van der Waals surface area contributed by atoms with E-state index < -0.39 is 23.9 Å². The third-order valence-electron chi connectivity index (χ3n) is 3.00. The van der Waals surface area contributed by atoms with Gasteiger partial charge in [-0.15, -0.1) is 0 Å². The predicted molar refractivity (Wildman–Crippen MR) is 68.2 cm³/mol. The average molecular weight is 278 g/mol. The van der Waals surface area contributed by atoms with E-state index in [0.29, 0.717) is 13.0 Å². The molecule has 20 heavy (non-hydrogen) atoms. The van der Waals surface area contributed by atoms with E-state index in [1.54, 1.807) is 18.2 Å². The number of para-hydroxylation sites is 1. The fourth-order valence-electron chi connectivity index (χ4n) is 2.07. The number of carbonyl (C=O) groups excluding carboxylic acids is 2. The van der Waals surface area contributed by atoms with Crippen molar-refractivity contribution < 1.29 is 24.2 Å². The third kappa shape index (κ3) is 2.87. The highest BCUT2D eigenvalue weighted by atomic mass is 16.5. The molecule has 2 amide bonds. The maximum atomic E-state index is 11.9. The molecule has 0 aliphatic carbocycles. The van der Waals surface area contributed by atoms with E-state index in [0.717, 1.165) is 0 Å². The number of primary amides is 1. The van der Waals surface area contributed by atoms with Gasteiger partial charge in [-0.2, -0.15) is 0 Å². The molecule has 1 aliphatic heterocycles. The monoisotopic (exact) mass is 278 g/mol. The van der Waals surface area contributed by atoms with Crippen LogP contribution in [0, 0.1) is 0 Å². The van der Waals surface area contributed by atoms with Gasteiger partial charge in [0.05, 0.1) is 5.56 Å². The fraction of sp³-hybridized carbons (Fsp3) is 0.308. The summed E-state index contributed by atoms with van der Waals surface area (Å²) >= 11 is 0. The maximum absolute atomic E-state index is 11.9. The third-order valence-corrected chi connectivity index (χ3v) is 3.00. The molecule has 2 rings (SSSR count). The number of hydrogen-bond donors (Lipinski definition) is 2. The first-order chi connectivity index (χ1) is 9.49. The van der Waals surface area contributed by atoms with Gasteiger partial charge in [-0.05, 0) is 12.1 Å². The minimum atomic E-state index is -1.07. The normalized spacial score (nSPS) is 18.1. The molecule has 1 aromatic carbocycles. The molecular formula is C13H14N2O5. The number of carboxylic acids is 1. The highest BCUT2D eigenvalue weighted by molar-refractivity contribution is 5.96. The summed E-state index contributed by atoms with van der Waals surface area (Å²) in [6.45, 7) is -0.0370. The smallest absolute Gasteiger partial charge is 0.323 e. The van der Waals surface area contributed by atoms with Gasteiger partial charge in [0.25, 0.3) is 11.8 Å². The van der Waals surface area contributed by atoms with Gasteiger partial charge in [0.1, 0.15) is 12.3 Å². The standard InChI is InChI=1S/C13H14N2O5/c14-12(18)8-3-1-2-4-9(8)20-10-5-6-15(13(10)19)7-11(16)17/h1-4,10H,5-7H2,(H2,14,18)(H,16,17). The van der Waals surface area contributed by atoms with E-state index in [1.807, 2.05) is 0 Å². The molecular weight excluding hydrogens is 264 g/mol. The Bertz CT molecular complexity index is 557. The Morgan fingerprint density at radius 2 is 2.10 bits per heavy atom. The molecule has 0 spiro atoms. The van der Waals surface area contributed by atoms with E-state index >= 15 is 0 Å². The minimum Gasteiger partial charge on any atom is -0.480 e. The van der Waals surface area contributed by atoms with E-state index in [4.69, 9.17) is 15.6 Å². The minimum absolute atomic E-state index is 0.192. The van der Waals surface area contributed by atoms with Crippen LogP contribution in [0.1, 0.15) is 16.8 Å². The number of carbonyl (C=O) groups is 3. The van der Waals surface area contributed by atoms with Crippen LogP contribution in [-0.2, 0) is 9.59 Å². The van der Waals surface area contributed by atoms with Crippen molar-refractivity contribution >= 4 is 17.8 Å². The SMILES string of the molecule is NC(=O)c1ccccc1OC1CCN(CC(=O)O)C1=O. The van der Waals surface area contributed by atoms with Crippen LogP contribution in [0.15, 0.2) is 24.3 Å². The van der Waals surface area contributed by atoms with Crippen molar-refractivity contribution in [2.24, 2.45) is 5.73 Å². The largest absolute Gasteiger partial charge is 0.480 e. The molecule has 1 aliphatic rings.